The quantitative estimate of drug-likeness (QED) is 0.827. The van der Waals surface area contributed by atoms with Crippen molar-refractivity contribution in [2.75, 3.05) is 18.4 Å². The minimum absolute atomic E-state index is 0.0653. The molecule has 4 nitrogen and oxygen atoms in total. The van der Waals surface area contributed by atoms with E-state index < -0.39 is 5.92 Å². The second-order valence-electron chi connectivity index (χ2n) is 6.21. The number of rotatable bonds is 5. The van der Waals surface area contributed by atoms with Gasteiger partial charge in [-0.25, -0.2) is 4.39 Å². The molecular weight excluding hydrogens is 378 g/mol. The maximum absolute atomic E-state index is 12.9. The van der Waals surface area contributed by atoms with E-state index >= 15 is 0 Å². The molecule has 0 radical (unpaired) electrons. The van der Waals surface area contributed by atoms with Crippen molar-refractivity contribution in [3.63, 3.8) is 0 Å². The molecule has 1 heterocycles. The number of hydrogen-bond donors (Lipinski definition) is 1. The molecule has 7 heteroatoms. The van der Waals surface area contributed by atoms with Crippen LogP contribution in [0, 0.1) is 11.7 Å². The van der Waals surface area contributed by atoms with Crippen molar-refractivity contribution in [2.24, 2.45) is 5.92 Å². The maximum atomic E-state index is 12.9. The largest absolute Gasteiger partial charge is 0.342 e. The van der Waals surface area contributed by atoms with Gasteiger partial charge in [-0.05, 0) is 36.2 Å². The van der Waals surface area contributed by atoms with Crippen LogP contribution in [-0.4, -0.2) is 29.8 Å². The first-order valence-corrected chi connectivity index (χ1v) is 8.96. The number of halogens is 3. The van der Waals surface area contributed by atoms with Crippen molar-refractivity contribution >= 4 is 40.7 Å². The lowest BCUT2D eigenvalue weighted by atomic mass is 10.1. The summed E-state index contributed by atoms with van der Waals surface area (Å²) in [7, 11) is 0. The van der Waals surface area contributed by atoms with E-state index in [2.05, 4.69) is 5.32 Å². The third kappa shape index (κ3) is 4.34. The lowest BCUT2D eigenvalue weighted by Crippen LogP contribution is -2.30. The van der Waals surface area contributed by atoms with E-state index in [0.717, 1.165) is 5.56 Å². The van der Waals surface area contributed by atoms with Crippen LogP contribution in [-0.2, 0) is 16.0 Å². The van der Waals surface area contributed by atoms with E-state index in [0.29, 0.717) is 30.2 Å². The highest BCUT2D eigenvalue weighted by Crippen LogP contribution is 2.30. The van der Waals surface area contributed by atoms with E-state index in [-0.39, 0.29) is 29.1 Å². The van der Waals surface area contributed by atoms with Gasteiger partial charge in [0.1, 0.15) is 5.82 Å². The summed E-state index contributed by atoms with van der Waals surface area (Å²) in [6, 6.07) is 11.2. The van der Waals surface area contributed by atoms with Gasteiger partial charge in [-0.3, -0.25) is 9.59 Å². The summed E-state index contributed by atoms with van der Waals surface area (Å²) in [4.78, 5) is 26.3. The minimum atomic E-state index is -0.439. The van der Waals surface area contributed by atoms with Gasteiger partial charge in [-0.2, -0.15) is 0 Å². The van der Waals surface area contributed by atoms with Gasteiger partial charge >= 0.3 is 0 Å². The fourth-order valence-corrected chi connectivity index (χ4v) is 3.26. The standard InChI is InChI=1S/C19H17Cl2FN2O2/c20-15-2-1-3-16(18(15)21)23-19(26)13-10-17(25)24(11-13)9-8-12-4-6-14(22)7-5-12/h1-7,13H,8-11H2,(H,23,26)/t13-/m1/s1. The van der Waals surface area contributed by atoms with Crippen LogP contribution in [0.4, 0.5) is 10.1 Å². The first-order chi connectivity index (χ1) is 12.4. The summed E-state index contributed by atoms with van der Waals surface area (Å²) in [5.74, 6) is -1.05. The molecule has 3 rings (SSSR count). The fourth-order valence-electron chi connectivity index (χ4n) is 2.91. The number of amides is 2. The average molecular weight is 395 g/mol. The molecule has 1 atom stereocenters. The fraction of sp³-hybridized carbons (Fsp3) is 0.263. The zero-order chi connectivity index (χ0) is 18.7. The Balaban J connectivity index is 1.57. The molecule has 0 saturated carbocycles. The minimum Gasteiger partial charge on any atom is -0.342 e. The Morgan fingerprint density at radius 2 is 1.92 bits per heavy atom. The third-order valence-corrected chi connectivity index (χ3v) is 5.20. The predicted molar refractivity (Wildman–Crippen MR) is 99.9 cm³/mol. The average Bonchev–Trinajstić information content (AvgIpc) is 2.99. The van der Waals surface area contributed by atoms with Gasteiger partial charge in [-0.15, -0.1) is 0 Å². The Kier molecular flexibility index (Phi) is 5.79. The normalized spacial score (nSPS) is 16.8. The second-order valence-corrected chi connectivity index (χ2v) is 6.99. The Labute approximate surface area is 160 Å². The van der Waals surface area contributed by atoms with Crippen LogP contribution in [0.25, 0.3) is 0 Å². The van der Waals surface area contributed by atoms with Crippen LogP contribution < -0.4 is 5.32 Å². The summed E-state index contributed by atoms with van der Waals surface area (Å²) >= 11 is 12.0. The summed E-state index contributed by atoms with van der Waals surface area (Å²) in [5, 5.41) is 3.37. The van der Waals surface area contributed by atoms with Crippen LogP contribution in [0.3, 0.4) is 0 Å². The molecule has 2 aromatic carbocycles. The topological polar surface area (TPSA) is 49.4 Å². The van der Waals surface area contributed by atoms with Gasteiger partial charge in [0.15, 0.2) is 0 Å². The molecule has 0 spiro atoms. The van der Waals surface area contributed by atoms with Crippen molar-refractivity contribution in [2.45, 2.75) is 12.8 Å². The van der Waals surface area contributed by atoms with E-state index in [1.165, 1.54) is 12.1 Å². The number of anilines is 1. The predicted octanol–water partition coefficient (Wildman–Crippen LogP) is 4.16. The van der Waals surface area contributed by atoms with Crippen LogP contribution in [0.2, 0.25) is 10.0 Å². The van der Waals surface area contributed by atoms with Crippen LogP contribution in [0.5, 0.6) is 0 Å². The summed E-state index contributed by atoms with van der Waals surface area (Å²) in [6.45, 7) is 0.843. The number of nitrogens with zero attached hydrogens (tertiary/aromatic N) is 1. The molecule has 2 amide bonds. The molecule has 1 N–H and O–H groups in total. The van der Waals surface area contributed by atoms with Crippen molar-refractivity contribution in [3.8, 4) is 0 Å². The van der Waals surface area contributed by atoms with E-state index in [4.69, 9.17) is 23.2 Å². The molecule has 1 saturated heterocycles. The highest BCUT2D eigenvalue weighted by molar-refractivity contribution is 6.44. The van der Waals surface area contributed by atoms with Crippen molar-refractivity contribution in [1.82, 2.24) is 4.90 Å². The molecule has 136 valence electrons. The molecule has 0 bridgehead atoms. The van der Waals surface area contributed by atoms with Crippen molar-refractivity contribution in [1.29, 1.82) is 0 Å². The molecule has 1 aliphatic rings. The van der Waals surface area contributed by atoms with Gasteiger partial charge in [-0.1, -0.05) is 41.4 Å². The summed E-state index contributed by atoms with van der Waals surface area (Å²) in [6.07, 6.45) is 0.772. The van der Waals surface area contributed by atoms with E-state index in [9.17, 15) is 14.0 Å². The van der Waals surface area contributed by atoms with Gasteiger partial charge in [0.05, 0.1) is 21.7 Å². The summed E-state index contributed by atoms with van der Waals surface area (Å²) < 4.78 is 12.9. The van der Waals surface area contributed by atoms with Gasteiger partial charge in [0.25, 0.3) is 0 Å². The zero-order valence-corrected chi connectivity index (χ0v) is 15.4. The van der Waals surface area contributed by atoms with Crippen LogP contribution >= 0.6 is 23.2 Å². The van der Waals surface area contributed by atoms with E-state index in [1.807, 2.05) is 0 Å². The number of benzene rings is 2. The Bertz CT molecular complexity index is 827. The SMILES string of the molecule is O=C(Nc1cccc(Cl)c1Cl)[C@@H]1CC(=O)N(CCc2ccc(F)cc2)C1. The van der Waals surface area contributed by atoms with Gasteiger partial charge < -0.3 is 10.2 Å². The van der Waals surface area contributed by atoms with Gasteiger partial charge in [0, 0.05) is 19.5 Å². The second kappa shape index (κ2) is 8.06. The summed E-state index contributed by atoms with van der Waals surface area (Å²) in [5.41, 5.74) is 1.37. The monoisotopic (exact) mass is 394 g/mol. The Morgan fingerprint density at radius 3 is 2.65 bits per heavy atom. The first-order valence-electron chi connectivity index (χ1n) is 8.21. The number of nitrogens with one attached hydrogen (secondary N) is 1. The van der Waals surface area contributed by atoms with Gasteiger partial charge in [0.2, 0.25) is 11.8 Å². The zero-order valence-electron chi connectivity index (χ0n) is 13.8. The number of carbonyl (C=O) groups is 2. The smallest absolute Gasteiger partial charge is 0.229 e. The molecule has 1 fully saturated rings. The third-order valence-electron chi connectivity index (χ3n) is 4.38. The molecular formula is C19H17Cl2FN2O2. The lowest BCUT2D eigenvalue weighted by Gasteiger charge is -2.17. The molecule has 0 unspecified atom stereocenters. The number of hydrogen-bond acceptors (Lipinski definition) is 2. The number of likely N-dealkylation sites (tertiary alicyclic amines) is 1. The maximum Gasteiger partial charge on any atom is 0.229 e. The molecule has 0 aromatic heterocycles. The van der Waals surface area contributed by atoms with Crippen LogP contribution in [0.1, 0.15) is 12.0 Å². The molecule has 2 aromatic rings. The number of carbonyl (C=O) groups excluding carboxylic acids is 2. The van der Waals surface area contributed by atoms with Crippen LogP contribution in [0.15, 0.2) is 42.5 Å². The first kappa shape index (κ1) is 18.7. The lowest BCUT2D eigenvalue weighted by molar-refractivity contribution is -0.128. The highest BCUT2D eigenvalue weighted by Gasteiger charge is 2.34. The van der Waals surface area contributed by atoms with Crippen molar-refractivity contribution < 1.29 is 14.0 Å². The molecule has 26 heavy (non-hydrogen) atoms. The molecule has 1 aliphatic heterocycles. The highest BCUT2D eigenvalue weighted by atomic mass is 35.5. The molecule has 0 aliphatic carbocycles. The Morgan fingerprint density at radius 1 is 1.19 bits per heavy atom. The Hall–Kier alpha value is -2.11. The van der Waals surface area contributed by atoms with Crippen molar-refractivity contribution in [3.05, 3.63) is 63.9 Å². The van der Waals surface area contributed by atoms with E-state index in [1.54, 1.807) is 35.2 Å².